The third-order valence-corrected chi connectivity index (χ3v) is 4.33. The molecule has 1 amide bonds. The fourth-order valence-corrected chi connectivity index (χ4v) is 2.84. The Kier molecular flexibility index (Phi) is 4.62. The van der Waals surface area contributed by atoms with Crippen molar-refractivity contribution in [2.24, 2.45) is 0 Å². The van der Waals surface area contributed by atoms with Gasteiger partial charge in [0.05, 0.1) is 5.02 Å². The number of aromatic nitrogens is 1. The molecule has 2 aromatic rings. The monoisotopic (exact) mass is 309 g/mol. The number of likely N-dealkylation sites (N-methyl/N-ethyl adjacent to an activating group) is 1. The van der Waals surface area contributed by atoms with Crippen LogP contribution in [0.3, 0.4) is 0 Å². The van der Waals surface area contributed by atoms with Gasteiger partial charge in [0.25, 0.3) is 5.91 Å². The number of hydrogen-bond donors (Lipinski definition) is 1. The van der Waals surface area contributed by atoms with E-state index in [1.54, 1.807) is 35.4 Å². The van der Waals surface area contributed by atoms with Crippen LogP contribution in [0.2, 0.25) is 5.02 Å². The Morgan fingerprint density at radius 1 is 1.50 bits per heavy atom. The van der Waals surface area contributed by atoms with Gasteiger partial charge in [0.15, 0.2) is 0 Å². The molecule has 0 bridgehead atoms. The second-order valence-electron chi connectivity index (χ2n) is 4.62. The molecule has 0 spiro atoms. The second-order valence-corrected chi connectivity index (χ2v) is 6.05. The fourth-order valence-electron chi connectivity index (χ4n) is 1.83. The molecule has 1 unspecified atom stereocenters. The first kappa shape index (κ1) is 14.8. The summed E-state index contributed by atoms with van der Waals surface area (Å²) in [6.45, 7) is 2.00. The Balaban J connectivity index is 2.13. The van der Waals surface area contributed by atoms with E-state index in [0.717, 1.165) is 6.42 Å². The smallest absolute Gasteiger partial charge is 0.274 e. The number of hydrogen-bond acceptors (Lipinski definition) is 4. The highest BCUT2D eigenvalue weighted by atomic mass is 35.5. The molecular weight excluding hydrogens is 294 g/mol. The molecule has 2 aromatic heterocycles. The Hall–Kier alpha value is -1.59. The van der Waals surface area contributed by atoms with Crippen molar-refractivity contribution >= 4 is 34.7 Å². The average Bonchev–Trinajstić information content (AvgIpc) is 2.92. The maximum atomic E-state index is 12.4. The number of nitrogens with zero attached hydrogens (tertiary/aromatic N) is 2. The molecular formula is C14H16ClN3OS. The number of anilines is 1. The number of pyridine rings is 1. The van der Waals surface area contributed by atoms with Gasteiger partial charge < -0.3 is 10.6 Å². The summed E-state index contributed by atoms with van der Waals surface area (Å²) >= 11 is 7.70. The summed E-state index contributed by atoms with van der Waals surface area (Å²) in [6, 6.07) is 7.29. The lowest BCUT2D eigenvalue weighted by Crippen LogP contribution is -2.37. The van der Waals surface area contributed by atoms with E-state index in [2.05, 4.69) is 11.1 Å². The van der Waals surface area contributed by atoms with Crippen LogP contribution in [0.25, 0.3) is 0 Å². The second kappa shape index (κ2) is 6.24. The number of nitrogen functional groups attached to an aromatic ring is 1. The molecule has 4 nitrogen and oxygen atoms in total. The van der Waals surface area contributed by atoms with Crippen LogP contribution in [0.15, 0.2) is 29.6 Å². The zero-order valence-electron chi connectivity index (χ0n) is 11.3. The average molecular weight is 310 g/mol. The van der Waals surface area contributed by atoms with Crippen molar-refractivity contribution in [2.45, 2.75) is 19.4 Å². The molecule has 20 heavy (non-hydrogen) atoms. The van der Waals surface area contributed by atoms with Crippen molar-refractivity contribution < 1.29 is 4.79 Å². The van der Waals surface area contributed by atoms with Gasteiger partial charge in [-0.15, -0.1) is 11.3 Å². The van der Waals surface area contributed by atoms with Gasteiger partial charge in [-0.2, -0.15) is 0 Å². The molecule has 2 heterocycles. The predicted molar refractivity (Wildman–Crippen MR) is 83.2 cm³/mol. The van der Waals surface area contributed by atoms with Gasteiger partial charge in [-0.05, 0) is 30.5 Å². The van der Waals surface area contributed by atoms with Crippen molar-refractivity contribution in [3.05, 3.63) is 45.2 Å². The predicted octanol–water partition coefficient (Wildman–Crippen LogP) is 3.08. The lowest BCUT2D eigenvalue weighted by molar-refractivity contribution is 0.0738. The molecule has 2 rings (SSSR count). The molecule has 0 saturated heterocycles. The van der Waals surface area contributed by atoms with Crippen molar-refractivity contribution in [1.82, 2.24) is 9.88 Å². The van der Waals surface area contributed by atoms with Gasteiger partial charge in [-0.1, -0.05) is 17.7 Å². The maximum Gasteiger partial charge on any atom is 0.274 e. The van der Waals surface area contributed by atoms with Gasteiger partial charge in [0.1, 0.15) is 11.5 Å². The lowest BCUT2D eigenvalue weighted by atomic mass is 10.1. The fraction of sp³-hybridized carbons (Fsp3) is 0.286. The summed E-state index contributed by atoms with van der Waals surface area (Å²) in [5.74, 6) is 0.0726. The normalized spacial score (nSPS) is 12.2. The number of nitrogens with two attached hydrogens (primary N) is 1. The number of carbonyl (C=O) groups is 1. The van der Waals surface area contributed by atoms with Crippen molar-refractivity contribution in [1.29, 1.82) is 0 Å². The first-order valence-electron chi connectivity index (χ1n) is 6.20. The zero-order chi connectivity index (χ0) is 14.7. The van der Waals surface area contributed by atoms with Crippen LogP contribution in [0.1, 0.15) is 22.3 Å². The minimum absolute atomic E-state index is 0.0560. The molecule has 0 aliphatic rings. The Morgan fingerprint density at radius 3 is 2.90 bits per heavy atom. The Bertz CT molecular complexity index is 600. The Labute approximate surface area is 127 Å². The highest BCUT2D eigenvalue weighted by Crippen LogP contribution is 2.19. The molecule has 0 aliphatic carbocycles. The molecule has 0 radical (unpaired) electrons. The van der Waals surface area contributed by atoms with Crippen LogP contribution < -0.4 is 5.73 Å². The van der Waals surface area contributed by atoms with E-state index in [0.29, 0.717) is 5.02 Å². The van der Waals surface area contributed by atoms with E-state index in [9.17, 15) is 4.79 Å². The van der Waals surface area contributed by atoms with E-state index >= 15 is 0 Å². The summed E-state index contributed by atoms with van der Waals surface area (Å²) in [6.07, 6.45) is 0.805. The SMILES string of the molecule is CC(Cc1cccs1)N(C)C(=O)c1nc(N)ccc1Cl. The first-order chi connectivity index (χ1) is 9.49. The van der Waals surface area contributed by atoms with Gasteiger partial charge in [0, 0.05) is 24.4 Å². The highest BCUT2D eigenvalue weighted by molar-refractivity contribution is 7.09. The summed E-state index contributed by atoms with van der Waals surface area (Å²) in [4.78, 5) is 19.3. The minimum atomic E-state index is -0.216. The van der Waals surface area contributed by atoms with E-state index in [-0.39, 0.29) is 23.5 Å². The molecule has 1 atom stereocenters. The largest absolute Gasteiger partial charge is 0.384 e. The summed E-state index contributed by atoms with van der Waals surface area (Å²) < 4.78 is 0. The maximum absolute atomic E-state index is 12.4. The standard InChI is InChI=1S/C14H16ClN3OS/c1-9(8-10-4-3-7-20-10)18(2)14(19)13-11(15)5-6-12(16)17-13/h3-7,9H,8H2,1-2H3,(H2,16,17). The van der Waals surface area contributed by atoms with Crippen molar-refractivity contribution in [3.63, 3.8) is 0 Å². The number of rotatable bonds is 4. The van der Waals surface area contributed by atoms with E-state index in [1.807, 2.05) is 18.4 Å². The minimum Gasteiger partial charge on any atom is -0.384 e. The summed E-state index contributed by atoms with van der Waals surface area (Å²) in [5.41, 5.74) is 5.81. The van der Waals surface area contributed by atoms with Gasteiger partial charge in [-0.25, -0.2) is 4.98 Å². The topological polar surface area (TPSA) is 59.2 Å². The van der Waals surface area contributed by atoms with E-state index in [4.69, 9.17) is 17.3 Å². The third kappa shape index (κ3) is 3.29. The van der Waals surface area contributed by atoms with Gasteiger partial charge in [-0.3, -0.25) is 4.79 Å². The third-order valence-electron chi connectivity index (χ3n) is 3.13. The molecule has 0 aliphatic heterocycles. The van der Waals surface area contributed by atoms with Crippen LogP contribution in [0, 0.1) is 0 Å². The van der Waals surface area contributed by atoms with Crippen LogP contribution in [0.4, 0.5) is 5.82 Å². The van der Waals surface area contributed by atoms with E-state index in [1.165, 1.54) is 4.88 Å². The Morgan fingerprint density at radius 2 is 2.25 bits per heavy atom. The summed E-state index contributed by atoms with van der Waals surface area (Å²) in [5, 5.41) is 2.35. The molecule has 6 heteroatoms. The zero-order valence-corrected chi connectivity index (χ0v) is 12.9. The van der Waals surface area contributed by atoms with Crippen molar-refractivity contribution in [2.75, 3.05) is 12.8 Å². The van der Waals surface area contributed by atoms with E-state index < -0.39 is 0 Å². The first-order valence-corrected chi connectivity index (χ1v) is 7.46. The summed E-state index contributed by atoms with van der Waals surface area (Å²) in [7, 11) is 1.75. The van der Waals surface area contributed by atoms with Crippen LogP contribution in [0.5, 0.6) is 0 Å². The molecule has 106 valence electrons. The van der Waals surface area contributed by atoms with Gasteiger partial charge in [0.2, 0.25) is 0 Å². The molecule has 0 fully saturated rings. The van der Waals surface area contributed by atoms with Gasteiger partial charge >= 0.3 is 0 Å². The molecule has 2 N–H and O–H groups in total. The van der Waals surface area contributed by atoms with Crippen LogP contribution in [-0.4, -0.2) is 28.9 Å². The van der Waals surface area contributed by atoms with Crippen molar-refractivity contribution in [3.8, 4) is 0 Å². The lowest BCUT2D eigenvalue weighted by Gasteiger charge is -2.24. The number of halogens is 1. The number of thiophene rings is 1. The van der Waals surface area contributed by atoms with Crippen LogP contribution >= 0.6 is 22.9 Å². The number of amides is 1. The quantitative estimate of drug-likeness (QED) is 0.944. The van der Waals surface area contributed by atoms with Crippen LogP contribution in [-0.2, 0) is 6.42 Å². The molecule has 0 aromatic carbocycles. The molecule has 0 saturated carbocycles. The highest BCUT2D eigenvalue weighted by Gasteiger charge is 2.21. The number of carbonyl (C=O) groups excluding carboxylic acids is 1.